The number of nitrogens with zero attached hydrogens (tertiary/aromatic N) is 1. The summed E-state index contributed by atoms with van der Waals surface area (Å²) in [5.74, 6) is -10.4. The van der Waals surface area contributed by atoms with Crippen LogP contribution >= 0.6 is 25.3 Å². The second-order valence-electron chi connectivity index (χ2n) is 16.3. The highest BCUT2D eigenvalue weighted by atomic mass is 32.1. The van der Waals surface area contributed by atoms with E-state index in [4.69, 9.17) is 5.73 Å². The lowest BCUT2D eigenvalue weighted by Crippen LogP contribution is -2.61. The molecule has 1 fully saturated rings. The molecule has 0 aliphatic carbocycles. The Labute approximate surface area is 377 Å². The van der Waals surface area contributed by atoms with E-state index in [1.165, 1.54) is 18.7 Å². The van der Waals surface area contributed by atoms with Gasteiger partial charge in [0.25, 0.3) is 0 Å². The highest BCUT2D eigenvalue weighted by Gasteiger charge is 2.40. The van der Waals surface area contributed by atoms with Crippen LogP contribution < -0.4 is 48.3 Å². The fourth-order valence-electron chi connectivity index (χ4n) is 6.08. The predicted octanol–water partition coefficient (Wildman–Crippen LogP) is -4.88. The van der Waals surface area contributed by atoms with E-state index in [0.29, 0.717) is 6.42 Å². The van der Waals surface area contributed by atoms with Crippen molar-refractivity contribution < 1.29 is 63.3 Å². The molecule has 1 rings (SSSR count). The van der Waals surface area contributed by atoms with Gasteiger partial charge in [-0.15, -0.1) is 0 Å². The van der Waals surface area contributed by atoms with Crippen LogP contribution in [0.4, 0.5) is 0 Å². The highest BCUT2D eigenvalue weighted by Crippen LogP contribution is 2.20. The maximum Gasteiger partial charge on any atom is 0.326 e. The number of aliphatic hydroxyl groups excluding tert-OH is 2. The van der Waals surface area contributed by atoms with Gasteiger partial charge in [-0.25, -0.2) is 4.79 Å². The van der Waals surface area contributed by atoms with Crippen molar-refractivity contribution in [2.24, 2.45) is 23.5 Å². The van der Waals surface area contributed by atoms with Gasteiger partial charge in [0.2, 0.25) is 53.2 Å². The lowest BCUT2D eigenvalue weighted by atomic mass is 10.0. The number of hydrogen-bond acceptors (Lipinski definition) is 15. The summed E-state index contributed by atoms with van der Waals surface area (Å²) >= 11 is 8.33. The van der Waals surface area contributed by atoms with Crippen LogP contribution in [0.5, 0.6) is 0 Å². The number of amides is 9. The van der Waals surface area contributed by atoms with E-state index < -0.39 is 145 Å². The van der Waals surface area contributed by atoms with Crippen LogP contribution in [0.3, 0.4) is 0 Å². The quantitative estimate of drug-likeness (QED) is 0.0382. The number of nitrogens with two attached hydrogens (primary N) is 1. The number of aliphatic hydroxyl groups is 2. The molecule has 1 aliphatic rings. The normalized spacial score (nSPS) is 18.0. The van der Waals surface area contributed by atoms with Gasteiger partial charge in [0.15, 0.2) is 0 Å². The zero-order chi connectivity index (χ0) is 48.5. The molecule has 0 aromatic heterocycles. The van der Waals surface area contributed by atoms with Crippen LogP contribution in [0, 0.1) is 17.8 Å². The van der Waals surface area contributed by atoms with Gasteiger partial charge in [-0.05, 0) is 44.4 Å². The third kappa shape index (κ3) is 17.8. The molecule has 0 saturated carbocycles. The molecular formula is C38H66N10O13S2. The van der Waals surface area contributed by atoms with E-state index in [2.05, 4.69) is 67.8 Å². The minimum atomic E-state index is -1.56. The molecule has 9 amide bonds. The lowest BCUT2D eigenvalue weighted by molar-refractivity contribution is -0.145. The second-order valence-corrected chi connectivity index (χ2v) is 17.0. The Balaban J connectivity index is 2.91. The molecule has 0 aromatic carbocycles. The second kappa shape index (κ2) is 26.8. The Morgan fingerprint density at radius 2 is 1.06 bits per heavy atom. The van der Waals surface area contributed by atoms with Gasteiger partial charge in [-0.2, -0.15) is 25.3 Å². The number of carboxylic acid groups (broad SMARTS) is 1. The van der Waals surface area contributed by atoms with Crippen LogP contribution in [0.2, 0.25) is 0 Å². The van der Waals surface area contributed by atoms with Crippen LogP contribution in [0.15, 0.2) is 0 Å². The van der Waals surface area contributed by atoms with E-state index in [9.17, 15) is 63.3 Å². The Kier molecular flexibility index (Phi) is 23.9. The average molecular weight is 935 g/mol. The van der Waals surface area contributed by atoms with E-state index in [-0.39, 0.29) is 30.4 Å². The number of likely N-dealkylation sites (tertiary alicyclic amines) is 1. The largest absolute Gasteiger partial charge is 0.480 e. The molecule has 0 spiro atoms. The number of nitrogens with one attached hydrogen (secondary N) is 8. The third-order valence-corrected chi connectivity index (χ3v) is 10.7. The molecule has 0 unspecified atom stereocenters. The topological polar surface area (TPSA) is 357 Å². The number of rotatable bonds is 25. The standard InChI is InChI=1S/C38H66N10O13S2/c1-16(2)26(39)33(55)40-13-25(52)44-29(19(7)49)35(57)45-27(17(3)4)34(56)41-12-24(51)42-21(14-62)31(53)43-22(15-63)37(59)48-11-9-10-23(48)32(54)47-30(20(8)50)36(58)46-28(18(5)6)38(60)61/h16-23,26-30,49-50,62-63H,9-15,39H2,1-8H3,(H,40,55)(H,41,56)(H,42,51)(H,43,53)(H,44,52)(H,45,57)(H,46,58)(H,47,54)(H,60,61)/t19-,20-,21+,22+,23+,26+,27+,28+,29+,30+/m1/s1. The average Bonchev–Trinajstić information content (AvgIpc) is 3.71. The smallest absolute Gasteiger partial charge is 0.326 e. The summed E-state index contributed by atoms with van der Waals surface area (Å²) in [5, 5.41) is 49.0. The third-order valence-electron chi connectivity index (χ3n) is 9.96. The summed E-state index contributed by atoms with van der Waals surface area (Å²) in [5.41, 5.74) is 5.77. The molecule has 13 N–H and O–H groups in total. The molecule has 23 nitrogen and oxygen atoms in total. The van der Waals surface area contributed by atoms with E-state index in [1.807, 2.05) is 0 Å². The number of carbonyl (C=O) groups is 10. The van der Waals surface area contributed by atoms with Gasteiger partial charge >= 0.3 is 5.97 Å². The molecule has 0 bridgehead atoms. The van der Waals surface area contributed by atoms with Crippen molar-refractivity contribution in [3.63, 3.8) is 0 Å². The summed E-state index contributed by atoms with van der Waals surface area (Å²) in [4.78, 5) is 130. The number of thiol groups is 2. The van der Waals surface area contributed by atoms with Gasteiger partial charge in [0, 0.05) is 18.1 Å². The van der Waals surface area contributed by atoms with Crippen molar-refractivity contribution in [2.75, 3.05) is 31.1 Å². The molecule has 1 aliphatic heterocycles. The van der Waals surface area contributed by atoms with Crippen LogP contribution in [0.25, 0.3) is 0 Å². The minimum Gasteiger partial charge on any atom is -0.480 e. The zero-order valence-electron chi connectivity index (χ0n) is 36.8. The maximum atomic E-state index is 13.7. The summed E-state index contributed by atoms with van der Waals surface area (Å²) in [6, 6.07) is -10.3. The van der Waals surface area contributed by atoms with Crippen molar-refractivity contribution in [1.29, 1.82) is 0 Å². The monoisotopic (exact) mass is 934 g/mol. The summed E-state index contributed by atoms with van der Waals surface area (Å²) in [6.45, 7) is 11.1. The van der Waals surface area contributed by atoms with Crippen LogP contribution in [-0.2, 0) is 47.9 Å². The number of carbonyl (C=O) groups excluding carboxylic acids is 9. The molecule has 0 aromatic rings. The van der Waals surface area contributed by atoms with Gasteiger partial charge in [-0.1, -0.05) is 41.5 Å². The minimum absolute atomic E-state index is 0.0867. The summed E-state index contributed by atoms with van der Waals surface area (Å²) in [7, 11) is 0. The first-order valence-corrected chi connectivity index (χ1v) is 21.8. The fraction of sp³-hybridized carbons (Fsp3) is 0.737. The van der Waals surface area contributed by atoms with Gasteiger partial charge in [-0.3, -0.25) is 43.2 Å². The SMILES string of the molecule is CC(C)[C@H](N)C(=O)NCC(=O)N[C@H](C(=O)N[C@H](C(=O)NCC(=O)N[C@@H](CS)C(=O)N[C@@H](CS)C(=O)N1CCC[C@H]1C(=O)N[C@H](C(=O)N[C@H](C(=O)O)C(C)C)[C@@H](C)O)C(C)C)[C@@H](C)O. The van der Waals surface area contributed by atoms with E-state index >= 15 is 0 Å². The first-order valence-electron chi connectivity index (χ1n) is 20.5. The maximum absolute atomic E-state index is 13.7. The van der Waals surface area contributed by atoms with Crippen molar-refractivity contribution in [3.05, 3.63) is 0 Å². The zero-order valence-corrected chi connectivity index (χ0v) is 38.6. The first-order chi connectivity index (χ1) is 29.3. The lowest BCUT2D eigenvalue weighted by Gasteiger charge is -2.31. The number of aliphatic carboxylic acids is 1. The molecule has 1 heterocycles. The molecule has 1 saturated heterocycles. The van der Waals surface area contributed by atoms with Gasteiger partial charge in [0.05, 0.1) is 31.3 Å². The molecule has 10 atom stereocenters. The summed E-state index contributed by atoms with van der Waals surface area (Å²) < 4.78 is 0. The van der Waals surface area contributed by atoms with Crippen LogP contribution in [-0.4, -0.2) is 171 Å². The molecule has 63 heavy (non-hydrogen) atoms. The van der Waals surface area contributed by atoms with Crippen molar-refractivity contribution >= 4 is 84.4 Å². The Morgan fingerprint density at radius 3 is 1.52 bits per heavy atom. The molecule has 358 valence electrons. The number of hydrogen-bond donors (Lipinski definition) is 14. The Bertz CT molecular complexity index is 1650. The first kappa shape index (κ1) is 56.3. The molecule has 0 radical (unpaired) electrons. The summed E-state index contributed by atoms with van der Waals surface area (Å²) in [6.07, 6.45) is -2.34. The molecule has 25 heteroatoms. The van der Waals surface area contributed by atoms with Gasteiger partial charge < -0.3 is 68.5 Å². The van der Waals surface area contributed by atoms with Gasteiger partial charge in [0.1, 0.15) is 42.3 Å². The predicted molar refractivity (Wildman–Crippen MR) is 234 cm³/mol. The van der Waals surface area contributed by atoms with E-state index in [0.717, 1.165) is 0 Å². The van der Waals surface area contributed by atoms with Crippen molar-refractivity contribution in [3.8, 4) is 0 Å². The van der Waals surface area contributed by atoms with E-state index in [1.54, 1.807) is 41.5 Å². The van der Waals surface area contributed by atoms with Crippen molar-refractivity contribution in [1.82, 2.24) is 47.4 Å². The fourth-order valence-corrected chi connectivity index (χ4v) is 6.59. The molecular weight excluding hydrogens is 869 g/mol. The Morgan fingerprint density at radius 1 is 0.587 bits per heavy atom. The number of carboxylic acids is 1. The Hall–Kier alpha value is -4.72. The highest BCUT2D eigenvalue weighted by molar-refractivity contribution is 7.80. The van der Waals surface area contributed by atoms with Crippen molar-refractivity contribution in [2.45, 2.75) is 129 Å². The van der Waals surface area contributed by atoms with Crippen LogP contribution in [0.1, 0.15) is 68.2 Å².